The zero-order valence-electron chi connectivity index (χ0n) is 20.8. The second kappa shape index (κ2) is 8.33. The molecule has 0 saturated carbocycles. The van der Waals surface area contributed by atoms with Gasteiger partial charge in [-0.05, 0) is 80.8 Å². The molecular formula is C37H24O. The van der Waals surface area contributed by atoms with Gasteiger partial charge in [-0.1, -0.05) is 109 Å². The predicted molar refractivity (Wildman–Crippen MR) is 158 cm³/mol. The minimum Gasteiger partial charge on any atom is -0.455 e. The van der Waals surface area contributed by atoms with Gasteiger partial charge in [-0.15, -0.1) is 0 Å². The van der Waals surface area contributed by atoms with E-state index in [1.807, 2.05) is 12.1 Å². The molecule has 1 aliphatic rings. The minimum atomic E-state index is 0.934. The molecule has 7 aromatic rings. The van der Waals surface area contributed by atoms with Crippen LogP contribution in [0.1, 0.15) is 11.1 Å². The van der Waals surface area contributed by atoms with Crippen molar-refractivity contribution in [1.29, 1.82) is 0 Å². The third-order valence-electron chi connectivity index (χ3n) is 7.91. The second-order valence-electron chi connectivity index (χ2n) is 10.1. The summed E-state index contributed by atoms with van der Waals surface area (Å²) in [5.41, 5.74) is 14.6. The molecule has 0 amide bonds. The van der Waals surface area contributed by atoms with Gasteiger partial charge < -0.3 is 4.42 Å². The van der Waals surface area contributed by atoms with Crippen LogP contribution in [0.15, 0.2) is 138 Å². The summed E-state index contributed by atoms with van der Waals surface area (Å²) in [6.45, 7) is 0. The summed E-state index contributed by atoms with van der Waals surface area (Å²) in [7, 11) is 0. The summed E-state index contributed by atoms with van der Waals surface area (Å²) < 4.78 is 6.35. The molecule has 1 heteroatoms. The Morgan fingerprint density at radius 3 is 1.84 bits per heavy atom. The number of rotatable bonds is 3. The largest absolute Gasteiger partial charge is 0.455 e. The topological polar surface area (TPSA) is 13.1 Å². The highest BCUT2D eigenvalue weighted by Crippen LogP contribution is 2.43. The average Bonchev–Trinajstić information content (AvgIpc) is 3.55. The smallest absolute Gasteiger partial charge is 0.143 e. The maximum Gasteiger partial charge on any atom is 0.143 e. The van der Waals surface area contributed by atoms with Crippen LogP contribution in [0.2, 0.25) is 0 Å². The Labute approximate surface area is 221 Å². The third kappa shape index (κ3) is 3.33. The summed E-state index contributed by atoms with van der Waals surface area (Å²) in [5, 5.41) is 2.33. The first-order valence-corrected chi connectivity index (χ1v) is 13.1. The minimum absolute atomic E-state index is 0.934. The molecule has 38 heavy (non-hydrogen) atoms. The third-order valence-corrected chi connectivity index (χ3v) is 7.91. The Morgan fingerprint density at radius 1 is 0.395 bits per heavy atom. The quantitative estimate of drug-likeness (QED) is 0.243. The van der Waals surface area contributed by atoms with Crippen molar-refractivity contribution in [2.75, 3.05) is 0 Å². The van der Waals surface area contributed by atoms with Gasteiger partial charge in [-0.2, -0.15) is 0 Å². The molecule has 0 unspecified atom stereocenters. The van der Waals surface area contributed by atoms with Crippen LogP contribution in [0, 0.1) is 0 Å². The van der Waals surface area contributed by atoms with Crippen LogP contribution in [0.25, 0.3) is 66.4 Å². The van der Waals surface area contributed by atoms with Crippen molar-refractivity contribution in [3.8, 4) is 44.5 Å². The van der Waals surface area contributed by atoms with Gasteiger partial charge >= 0.3 is 0 Å². The summed E-state index contributed by atoms with van der Waals surface area (Å²) in [5.74, 6) is 0. The van der Waals surface area contributed by atoms with Crippen molar-refractivity contribution in [2.45, 2.75) is 6.42 Å². The molecule has 1 aromatic heterocycles. The van der Waals surface area contributed by atoms with Gasteiger partial charge in [0.15, 0.2) is 0 Å². The van der Waals surface area contributed by atoms with Crippen LogP contribution in [0.3, 0.4) is 0 Å². The lowest BCUT2D eigenvalue weighted by molar-refractivity contribution is 0.670. The maximum absolute atomic E-state index is 6.35. The Morgan fingerprint density at radius 2 is 1.00 bits per heavy atom. The van der Waals surface area contributed by atoms with E-state index < -0.39 is 0 Å². The van der Waals surface area contributed by atoms with Gasteiger partial charge in [0.25, 0.3) is 0 Å². The number of benzene rings is 6. The Balaban J connectivity index is 1.23. The van der Waals surface area contributed by atoms with E-state index in [0.29, 0.717) is 0 Å². The monoisotopic (exact) mass is 484 g/mol. The molecule has 0 fully saturated rings. The molecule has 0 atom stereocenters. The van der Waals surface area contributed by atoms with Gasteiger partial charge in [0, 0.05) is 16.3 Å². The van der Waals surface area contributed by atoms with Gasteiger partial charge in [0.2, 0.25) is 0 Å². The standard InChI is InChI=1S/C37H24O/c1-2-8-24(9-3-1)25-10-6-11-26(20-25)27-16-17-28-21-29-18-19-30(23-35(29)34(28)22-27)31-13-7-14-33-32-12-4-5-15-36(32)38-37(31)33/h1-20,22-23H,21H2. The number of para-hydroxylation sites is 2. The zero-order chi connectivity index (χ0) is 25.1. The molecule has 0 aliphatic heterocycles. The van der Waals surface area contributed by atoms with Crippen LogP contribution in [-0.2, 0) is 6.42 Å². The fraction of sp³-hybridized carbons (Fsp3) is 0.0270. The summed E-state index contributed by atoms with van der Waals surface area (Å²) in [6, 6.07) is 48.0. The molecule has 178 valence electrons. The number of fused-ring (bicyclic) bond motifs is 6. The van der Waals surface area contributed by atoms with E-state index in [1.165, 1.54) is 60.8 Å². The van der Waals surface area contributed by atoms with Gasteiger partial charge in [-0.3, -0.25) is 0 Å². The SMILES string of the molecule is c1ccc(-c2cccc(-c3ccc4c(c3)-c3cc(-c5cccc6c5oc5ccccc56)ccc3C4)c2)cc1. The summed E-state index contributed by atoms with van der Waals surface area (Å²) in [6.07, 6.45) is 0.976. The van der Waals surface area contributed by atoms with Crippen LogP contribution in [-0.4, -0.2) is 0 Å². The normalized spacial score (nSPS) is 12.1. The van der Waals surface area contributed by atoms with E-state index in [4.69, 9.17) is 4.42 Å². The maximum atomic E-state index is 6.35. The highest BCUT2D eigenvalue weighted by molar-refractivity contribution is 6.09. The van der Waals surface area contributed by atoms with Crippen molar-refractivity contribution >= 4 is 21.9 Å². The highest BCUT2D eigenvalue weighted by Gasteiger charge is 2.21. The molecule has 1 nitrogen and oxygen atoms in total. The first kappa shape index (κ1) is 21.2. The van der Waals surface area contributed by atoms with Crippen LogP contribution < -0.4 is 0 Å². The number of hydrogen-bond acceptors (Lipinski definition) is 1. The van der Waals surface area contributed by atoms with Crippen LogP contribution in [0.4, 0.5) is 0 Å². The number of furan rings is 1. The molecule has 8 rings (SSSR count). The van der Waals surface area contributed by atoms with E-state index in [9.17, 15) is 0 Å². The summed E-state index contributed by atoms with van der Waals surface area (Å²) in [4.78, 5) is 0. The second-order valence-corrected chi connectivity index (χ2v) is 10.1. The molecule has 1 heterocycles. The van der Waals surface area contributed by atoms with Crippen molar-refractivity contribution in [3.05, 3.63) is 145 Å². The molecular weight excluding hydrogens is 460 g/mol. The predicted octanol–water partition coefficient (Wildman–Crippen LogP) is 10.2. The van der Waals surface area contributed by atoms with Crippen molar-refractivity contribution in [3.63, 3.8) is 0 Å². The Hall–Kier alpha value is -4.88. The van der Waals surface area contributed by atoms with Crippen LogP contribution in [0.5, 0.6) is 0 Å². The Bertz CT molecular complexity index is 1990. The lowest BCUT2D eigenvalue weighted by Gasteiger charge is -2.10. The molecule has 1 aliphatic carbocycles. The zero-order valence-corrected chi connectivity index (χ0v) is 20.8. The van der Waals surface area contributed by atoms with E-state index in [1.54, 1.807) is 0 Å². The highest BCUT2D eigenvalue weighted by atomic mass is 16.3. The molecule has 0 saturated heterocycles. The summed E-state index contributed by atoms with van der Waals surface area (Å²) >= 11 is 0. The van der Waals surface area contributed by atoms with Gasteiger partial charge in [0.05, 0.1) is 0 Å². The first-order chi connectivity index (χ1) is 18.8. The molecule has 0 radical (unpaired) electrons. The number of hydrogen-bond donors (Lipinski definition) is 0. The fourth-order valence-electron chi connectivity index (χ4n) is 6.00. The van der Waals surface area contributed by atoms with Gasteiger partial charge in [-0.25, -0.2) is 0 Å². The fourth-order valence-corrected chi connectivity index (χ4v) is 6.00. The first-order valence-electron chi connectivity index (χ1n) is 13.1. The van der Waals surface area contributed by atoms with E-state index in [0.717, 1.165) is 23.2 Å². The van der Waals surface area contributed by atoms with E-state index in [2.05, 4.69) is 121 Å². The van der Waals surface area contributed by atoms with E-state index >= 15 is 0 Å². The lowest BCUT2D eigenvalue weighted by Crippen LogP contribution is -1.85. The molecule has 6 aromatic carbocycles. The molecule has 0 bridgehead atoms. The van der Waals surface area contributed by atoms with Crippen molar-refractivity contribution in [2.24, 2.45) is 0 Å². The van der Waals surface area contributed by atoms with Gasteiger partial charge in [0.1, 0.15) is 11.2 Å². The Kier molecular flexibility index (Phi) is 4.65. The lowest BCUT2D eigenvalue weighted by atomic mass is 9.94. The van der Waals surface area contributed by atoms with Crippen molar-refractivity contribution < 1.29 is 4.42 Å². The molecule has 0 N–H and O–H groups in total. The van der Waals surface area contributed by atoms with Crippen molar-refractivity contribution in [1.82, 2.24) is 0 Å². The molecule has 0 spiro atoms. The average molecular weight is 485 g/mol. The van der Waals surface area contributed by atoms with Crippen LogP contribution >= 0.6 is 0 Å². The van der Waals surface area contributed by atoms with E-state index in [-0.39, 0.29) is 0 Å².